The van der Waals surface area contributed by atoms with Crippen LogP contribution in [0.3, 0.4) is 0 Å². The maximum absolute atomic E-state index is 12.5. The van der Waals surface area contributed by atoms with E-state index in [0.29, 0.717) is 5.39 Å². The predicted molar refractivity (Wildman–Crippen MR) is 84.0 cm³/mol. The highest BCUT2D eigenvalue weighted by Crippen LogP contribution is 2.51. The summed E-state index contributed by atoms with van der Waals surface area (Å²) in [6.07, 6.45) is 0. The molecule has 0 amide bonds. The van der Waals surface area contributed by atoms with Crippen LogP contribution in [0.1, 0.15) is 33.9 Å². The van der Waals surface area contributed by atoms with E-state index >= 15 is 0 Å². The summed E-state index contributed by atoms with van der Waals surface area (Å²) in [5.41, 5.74) is -0.548. The summed E-state index contributed by atoms with van der Waals surface area (Å²) < 4.78 is 23.3. The molecule has 0 spiro atoms. The lowest BCUT2D eigenvalue weighted by Gasteiger charge is -2.15. The van der Waals surface area contributed by atoms with Crippen molar-refractivity contribution < 1.29 is 28.3 Å². The summed E-state index contributed by atoms with van der Waals surface area (Å²) in [7, 11) is -3.87. The van der Waals surface area contributed by atoms with E-state index in [-0.39, 0.29) is 23.7 Å². The minimum atomic E-state index is -3.87. The standard InChI is InChI=1S/C14H15O6PS/c1-3-19-21(18,20-4-2)14(17)9-5-6-11-10(7-9)8-12(22-11)13(15)16/h5-8H,3-4H2,1-2H3,(H,15,16). The molecule has 6 nitrogen and oxygen atoms in total. The Labute approximate surface area is 131 Å². The number of carboxylic acids is 1. The second kappa shape index (κ2) is 6.71. The van der Waals surface area contributed by atoms with Gasteiger partial charge < -0.3 is 14.2 Å². The van der Waals surface area contributed by atoms with Gasteiger partial charge in [0.25, 0.3) is 5.52 Å². The van der Waals surface area contributed by atoms with Crippen LogP contribution in [0, 0.1) is 0 Å². The molecule has 2 rings (SSSR count). The molecule has 0 saturated heterocycles. The van der Waals surface area contributed by atoms with Crippen LogP contribution < -0.4 is 0 Å². The minimum absolute atomic E-state index is 0.0902. The van der Waals surface area contributed by atoms with Gasteiger partial charge in [0, 0.05) is 10.3 Å². The smallest absolute Gasteiger partial charge is 0.401 e. The van der Waals surface area contributed by atoms with Gasteiger partial charge in [0.2, 0.25) is 0 Å². The van der Waals surface area contributed by atoms with Crippen molar-refractivity contribution in [3.63, 3.8) is 0 Å². The van der Waals surface area contributed by atoms with Crippen molar-refractivity contribution in [1.82, 2.24) is 0 Å². The van der Waals surface area contributed by atoms with E-state index < -0.39 is 19.1 Å². The number of hydrogen-bond acceptors (Lipinski definition) is 6. The van der Waals surface area contributed by atoms with E-state index in [1.807, 2.05) is 0 Å². The van der Waals surface area contributed by atoms with Gasteiger partial charge in [-0.05, 0) is 43.5 Å². The summed E-state index contributed by atoms with van der Waals surface area (Å²) in [6, 6.07) is 6.11. The van der Waals surface area contributed by atoms with Gasteiger partial charge in [0.05, 0.1) is 13.2 Å². The van der Waals surface area contributed by atoms with Gasteiger partial charge in [-0.1, -0.05) is 0 Å². The normalized spacial score (nSPS) is 11.7. The molecule has 0 saturated carbocycles. The summed E-state index contributed by atoms with van der Waals surface area (Å²) in [4.78, 5) is 23.6. The van der Waals surface area contributed by atoms with Crippen LogP contribution in [-0.4, -0.2) is 29.8 Å². The third-order valence-corrected chi connectivity index (χ3v) is 5.88. The molecule has 0 fully saturated rings. The molecule has 2 aromatic rings. The number of rotatable bonds is 7. The molecule has 1 N–H and O–H groups in total. The SMILES string of the molecule is CCOP(=O)(OCC)C(=O)c1ccc2sc(C(=O)O)cc2c1. The van der Waals surface area contributed by atoms with Crippen LogP contribution >= 0.6 is 18.9 Å². The summed E-state index contributed by atoms with van der Waals surface area (Å²) in [5, 5.41) is 9.60. The zero-order valence-corrected chi connectivity index (χ0v) is 13.8. The number of aromatic carboxylic acids is 1. The molecule has 8 heteroatoms. The first kappa shape index (κ1) is 16.8. The Bertz CT molecular complexity index is 756. The quantitative estimate of drug-likeness (QED) is 0.765. The van der Waals surface area contributed by atoms with Gasteiger partial charge in [-0.25, -0.2) is 4.79 Å². The van der Waals surface area contributed by atoms with Gasteiger partial charge in [-0.3, -0.25) is 9.36 Å². The second-order valence-electron chi connectivity index (χ2n) is 4.31. The van der Waals surface area contributed by atoms with Crippen molar-refractivity contribution >= 4 is 40.5 Å². The molecule has 1 aromatic heterocycles. The number of fused-ring (bicyclic) bond motifs is 1. The molecule has 0 aliphatic carbocycles. The van der Waals surface area contributed by atoms with E-state index in [9.17, 15) is 14.2 Å². The molecule has 0 aliphatic rings. The molecule has 0 unspecified atom stereocenters. The largest absolute Gasteiger partial charge is 0.477 e. The third kappa shape index (κ3) is 3.28. The van der Waals surface area contributed by atoms with Crippen LogP contribution in [-0.2, 0) is 13.6 Å². The number of hydrogen-bond donors (Lipinski definition) is 1. The van der Waals surface area contributed by atoms with Gasteiger partial charge in [-0.2, -0.15) is 0 Å². The van der Waals surface area contributed by atoms with Crippen LogP contribution in [0.15, 0.2) is 24.3 Å². The number of carbonyl (C=O) groups is 2. The molecule has 0 radical (unpaired) electrons. The van der Waals surface area contributed by atoms with Crippen molar-refractivity contribution in [1.29, 1.82) is 0 Å². The Balaban J connectivity index is 2.42. The molecule has 0 atom stereocenters. The number of benzene rings is 1. The van der Waals surface area contributed by atoms with Crippen LogP contribution in [0.25, 0.3) is 10.1 Å². The predicted octanol–water partition coefficient (Wildman–Crippen LogP) is 4.01. The molecular formula is C14H15O6PS. The van der Waals surface area contributed by atoms with Crippen molar-refractivity contribution in [3.8, 4) is 0 Å². The Morgan fingerprint density at radius 3 is 2.36 bits per heavy atom. The van der Waals surface area contributed by atoms with E-state index in [0.717, 1.165) is 16.0 Å². The third-order valence-electron chi connectivity index (χ3n) is 2.82. The number of carbonyl (C=O) groups excluding carboxylic acids is 1. The highest BCUT2D eigenvalue weighted by atomic mass is 32.1. The van der Waals surface area contributed by atoms with E-state index in [4.69, 9.17) is 14.2 Å². The highest BCUT2D eigenvalue weighted by Gasteiger charge is 2.35. The molecule has 22 heavy (non-hydrogen) atoms. The summed E-state index contributed by atoms with van der Waals surface area (Å²) in [5.74, 6) is -1.02. The van der Waals surface area contributed by atoms with Crippen LogP contribution in [0.4, 0.5) is 0 Å². The molecule has 1 heterocycles. The molecule has 1 aromatic carbocycles. The Hall–Kier alpha value is -1.53. The fourth-order valence-electron chi connectivity index (χ4n) is 1.93. The van der Waals surface area contributed by atoms with Gasteiger partial charge in [0.1, 0.15) is 4.88 Å². The Morgan fingerprint density at radius 2 is 1.82 bits per heavy atom. The average molecular weight is 342 g/mol. The van der Waals surface area contributed by atoms with Crippen LogP contribution in [0.5, 0.6) is 0 Å². The zero-order valence-electron chi connectivity index (χ0n) is 12.1. The minimum Gasteiger partial charge on any atom is -0.477 e. The average Bonchev–Trinajstić information content (AvgIpc) is 2.90. The van der Waals surface area contributed by atoms with Crippen LogP contribution in [0.2, 0.25) is 0 Å². The Kier molecular flexibility index (Phi) is 5.13. The van der Waals surface area contributed by atoms with Crippen molar-refractivity contribution in [2.75, 3.05) is 13.2 Å². The maximum atomic E-state index is 12.5. The maximum Gasteiger partial charge on any atom is 0.401 e. The molecule has 118 valence electrons. The first-order valence-electron chi connectivity index (χ1n) is 6.62. The van der Waals surface area contributed by atoms with Gasteiger partial charge in [-0.15, -0.1) is 11.3 Å². The first-order chi connectivity index (χ1) is 10.4. The van der Waals surface area contributed by atoms with E-state index in [1.165, 1.54) is 18.2 Å². The summed E-state index contributed by atoms with van der Waals surface area (Å²) in [6.45, 7) is 3.43. The molecular weight excluding hydrogens is 327 g/mol. The van der Waals surface area contributed by atoms with E-state index in [2.05, 4.69) is 0 Å². The lowest BCUT2D eigenvalue weighted by Crippen LogP contribution is -2.07. The number of carboxylic acid groups (broad SMARTS) is 1. The lowest BCUT2D eigenvalue weighted by atomic mass is 10.2. The Morgan fingerprint density at radius 1 is 1.18 bits per heavy atom. The van der Waals surface area contributed by atoms with Crippen molar-refractivity contribution in [2.24, 2.45) is 0 Å². The van der Waals surface area contributed by atoms with Gasteiger partial charge >= 0.3 is 13.6 Å². The molecule has 0 bridgehead atoms. The molecule has 0 aliphatic heterocycles. The van der Waals surface area contributed by atoms with E-state index in [1.54, 1.807) is 19.9 Å². The lowest BCUT2D eigenvalue weighted by molar-refractivity contribution is 0.0702. The number of thiophene rings is 1. The van der Waals surface area contributed by atoms with Crippen molar-refractivity contribution in [3.05, 3.63) is 34.7 Å². The van der Waals surface area contributed by atoms with Gasteiger partial charge in [0.15, 0.2) is 0 Å². The second-order valence-corrected chi connectivity index (χ2v) is 7.31. The first-order valence-corrected chi connectivity index (χ1v) is 8.98. The zero-order chi connectivity index (χ0) is 16.3. The topological polar surface area (TPSA) is 89.9 Å². The highest BCUT2D eigenvalue weighted by molar-refractivity contribution is 7.72. The summed E-state index contributed by atoms with van der Waals surface area (Å²) >= 11 is 1.11. The monoisotopic (exact) mass is 342 g/mol. The fraction of sp³-hybridized carbons (Fsp3) is 0.286. The fourth-order valence-corrected chi connectivity index (χ4v) is 4.26. The van der Waals surface area contributed by atoms with Crippen molar-refractivity contribution in [2.45, 2.75) is 13.8 Å².